The maximum absolute atomic E-state index is 5.95. The molecule has 3 rings (SSSR count). The Kier molecular flexibility index (Phi) is 2.63. The smallest absolute Gasteiger partial charge is 0.201 e. The van der Waals surface area contributed by atoms with Crippen LogP contribution in [-0.4, -0.2) is 21.8 Å². The van der Waals surface area contributed by atoms with Gasteiger partial charge in [0.05, 0.1) is 24.7 Å². The van der Waals surface area contributed by atoms with Crippen LogP contribution in [0, 0.1) is 6.92 Å². The van der Waals surface area contributed by atoms with E-state index in [2.05, 4.69) is 10.1 Å². The van der Waals surface area contributed by atoms with Gasteiger partial charge < -0.3 is 19.6 Å². The summed E-state index contributed by atoms with van der Waals surface area (Å²) in [5, 5.41) is 3.97. The van der Waals surface area contributed by atoms with Crippen molar-refractivity contribution in [2.45, 2.75) is 13.5 Å². The molecule has 0 atom stereocenters. The minimum absolute atomic E-state index is 0.448. The first-order valence-electron chi connectivity index (χ1n) is 5.89. The van der Waals surface area contributed by atoms with Gasteiger partial charge in [-0.25, -0.2) is 4.98 Å². The summed E-state index contributed by atoms with van der Waals surface area (Å²) in [5.41, 5.74) is 8.52. The molecule has 0 fully saturated rings. The number of aromatic nitrogens is 3. The van der Waals surface area contributed by atoms with E-state index in [-0.39, 0.29) is 0 Å². The molecule has 3 aromatic rings. The highest BCUT2D eigenvalue weighted by atomic mass is 16.5. The van der Waals surface area contributed by atoms with Crippen LogP contribution in [0.1, 0.15) is 11.5 Å². The average molecular weight is 258 g/mol. The van der Waals surface area contributed by atoms with Crippen LogP contribution in [0.25, 0.3) is 11.0 Å². The van der Waals surface area contributed by atoms with Crippen molar-refractivity contribution in [3.63, 3.8) is 0 Å². The molecule has 98 valence electrons. The third kappa shape index (κ3) is 2.01. The van der Waals surface area contributed by atoms with Gasteiger partial charge in [0.2, 0.25) is 5.95 Å². The number of ether oxygens (including phenoxy) is 1. The normalized spacial score (nSPS) is 11.1. The average Bonchev–Trinajstić information content (AvgIpc) is 2.94. The molecular formula is C13H14N4O2. The second-order valence-electron chi connectivity index (χ2n) is 4.34. The SMILES string of the molecule is COc1ccc2c(c1)nc(N)n2Cc1cc(C)on1. The topological polar surface area (TPSA) is 79.1 Å². The van der Waals surface area contributed by atoms with Gasteiger partial charge in [-0.2, -0.15) is 0 Å². The highest BCUT2D eigenvalue weighted by Crippen LogP contribution is 2.23. The van der Waals surface area contributed by atoms with Crippen LogP contribution in [0.4, 0.5) is 5.95 Å². The molecule has 1 aromatic carbocycles. The van der Waals surface area contributed by atoms with Crippen molar-refractivity contribution in [3.05, 3.63) is 35.7 Å². The fraction of sp³-hybridized carbons (Fsp3) is 0.231. The van der Waals surface area contributed by atoms with Gasteiger partial charge in [-0.15, -0.1) is 0 Å². The van der Waals surface area contributed by atoms with Gasteiger partial charge in [-0.05, 0) is 19.1 Å². The Hall–Kier alpha value is -2.50. The van der Waals surface area contributed by atoms with Crippen LogP contribution < -0.4 is 10.5 Å². The zero-order valence-corrected chi connectivity index (χ0v) is 10.8. The zero-order chi connectivity index (χ0) is 13.4. The van der Waals surface area contributed by atoms with Crippen LogP contribution in [-0.2, 0) is 6.54 Å². The Morgan fingerprint density at radius 3 is 2.89 bits per heavy atom. The number of nitrogen functional groups attached to an aromatic ring is 1. The lowest BCUT2D eigenvalue weighted by molar-refractivity contribution is 0.389. The minimum Gasteiger partial charge on any atom is -0.497 e. The van der Waals surface area contributed by atoms with Crippen molar-refractivity contribution in [1.82, 2.24) is 14.7 Å². The Labute approximate surface area is 109 Å². The number of benzene rings is 1. The van der Waals surface area contributed by atoms with Crippen LogP contribution in [0.3, 0.4) is 0 Å². The van der Waals surface area contributed by atoms with Crippen LogP contribution in [0.5, 0.6) is 5.75 Å². The molecule has 6 heteroatoms. The number of rotatable bonds is 3. The van der Waals surface area contributed by atoms with Crippen LogP contribution >= 0.6 is 0 Å². The van der Waals surface area contributed by atoms with E-state index in [1.807, 2.05) is 35.8 Å². The summed E-state index contributed by atoms with van der Waals surface area (Å²) in [6.45, 7) is 2.39. The molecule has 2 aromatic heterocycles. The monoisotopic (exact) mass is 258 g/mol. The van der Waals surface area contributed by atoms with Crippen molar-refractivity contribution >= 4 is 17.0 Å². The molecule has 0 aliphatic heterocycles. The molecule has 0 spiro atoms. The van der Waals surface area contributed by atoms with E-state index in [0.717, 1.165) is 28.2 Å². The second kappa shape index (κ2) is 4.31. The van der Waals surface area contributed by atoms with E-state index in [9.17, 15) is 0 Å². The fourth-order valence-corrected chi connectivity index (χ4v) is 2.08. The highest BCUT2D eigenvalue weighted by Gasteiger charge is 2.11. The van der Waals surface area contributed by atoms with Gasteiger partial charge in [0.25, 0.3) is 0 Å². The molecule has 0 unspecified atom stereocenters. The standard InChI is InChI=1S/C13H14N4O2/c1-8-5-9(16-19-8)7-17-12-4-3-10(18-2)6-11(12)15-13(17)14/h3-6H,7H2,1-2H3,(H2,14,15). The Morgan fingerprint density at radius 2 is 2.21 bits per heavy atom. The van der Waals surface area contributed by atoms with Gasteiger partial charge >= 0.3 is 0 Å². The largest absolute Gasteiger partial charge is 0.497 e. The van der Waals surface area contributed by atoms with Crippen LogP contribution in [0.2, 0.25) is 0 Å². The molecule has 2 N–H and O–H groups in total. The molecular weight excluding hydrogens is 244 g/mol. The quantitative estimate of drug-likeness (QED) is 0.777. The van der Waals surface area contributed by atoms with E-state index < -0.39 is 0 Å². The summed E-state index contributed by atoms with van der Waals surface area (Å²) in [6.07, 6.45) is 0. The second-order valence-corrected chi connectivity index (χ2v) is 4.34. The highest BCUT2D eigenvalue weighted by molar-refractivity contribution is 5.80. The molecule has 0 aliphatic rings. The van der Waals surface area contributed by atoms with Gasteiger partial charge in [0.15, 0.2) is 0 Å². The van der Waals surface area contributed by atoms with E-state index in [1.54, 1.807) is 7.11 Å². The number of hydrogen-bond donors (Lipinski definition) is 1. The van der Waals surface area contributed by atoms with Crippen molar-refractivity contribution < 1.29 is 9.26 Å². The molecule has 6 nitrogen and oxygen atoms in total. The Bertz CT molecular complexity index is 729. The molecule has 0 aliphatic carbocycles. The summed E-state index contributed by atoms with van der Waals surface area (Å²) in [6, 6.07) is 7.56. The Morgan fingerprint density at radius 1 is 1.37 bits per heavy atom. The first-order chi connectivity index (χ1) is 9.17. The lowest BCUT2D eigenvalue weighted by atomic mass is 10.3. The maximum atomic E-state index is 5.95. The molecule has 0 saturated carbocycles. The molecule has 0 bridgehead atoms. The summed E-state index contributed by atoms with van der Waals surface area (Å²) in [4.78, 5) is 4.33. The number of anilines is 1. The summed E-state index contributed by atoms with van der Waals surface area (Å²) >= 11 is 0. The van der Waals surface area contributed by atoms with Gasteiger partial charge in [0.1, 0.15) is 17.2 Å². The molecule has 19 heavy (non-hydrogen) atoms. The number of nitrogens with two attached hydrogens (primary N) is 1. The van der Waals surface area contributed by atoms with Crippen molar-refractivity contribution in [2.75, 3.05) is 12.8 Å². The lowest BCUT2D eigenvalue weighted by Gasteiger charge is -2.04. The summed E-state index contributed by atoms with van der Waals surface area (Å²) in [7, 11) is 1.62. The van der Waals surface area contributed by atoms with Crippen molar-refractivity contribution in [2.24, 2.45) is 0 Å². The minimum atomic E-state index is 0.448. The van der Waals surface area contributed by atoms with E-state index in [0.29, 0.717) is 12.5 Å². The van der Waals surface area contributed by atoms with Crippen molar-refractivity contribution in [3.8, 4) is 5.75 Å². The van der Waals surface area contributed by atoms with E-state index in [1.165, 1.54) is 0 Å². The number of methoxy groups -OCH3 is 1. The molecule has 0 radical (unpaired) electrons. The van der Waals surface area contributed by atoms with E-state index in [4.69, 9.17) is 15.0 Å². The van der Waals surface area contributed by atoms with Gasteiger partial charge in [-0.1, -0.05) is 5.16 Å². The number of aryl methyl sites for hydroxylation is 1. The third-order valence-corrected chi connectivity index (χ3v) is 2.98. The Balaban J connectivity index is 2.05. The first kappa shape index (κ1) is 11.6. The molecule has 0 amide bonds. The zero-order valence-electron chi connectivity index (χ0n) is 10.8. The molecule has 2 heterocycles. The fourth-order valence-electron chi connectivity index (χ4n) is 2.08. The van der Waals surface area contributed by atoms with Gasteiger partial charge in [-0.3, -0.25) is 0 Å². The third-order valence-electron chi connectivity index (χ3n) is 2.98. The van der Waals surface area contributed by atoms with Crippen LogP contribution in [0.15, 0.2) is 28.8 Å². The number of hydrogen-bond acceptors (Lipinski definition) is 5. The number of fused-ring (bicyclic) bond motifs is 1. The molecule has 0 saturated heterocycles. The lowest BCUT2D eigenvalue weighted by Crippen LogP contribution is -2.04. The first-order valence-corrected chi connectivity index (χ1v) is 5.89. The summed E-state index contributed by atoms with van der Waals surface area (Å²) < 4.78 is 12.1. The predicted molar refractivity (Wildman–Crippen MR) is 71.0 cm³/mol. The van der Waals surface area contributed by atoms with E-state index >= 15 is 0 Å². The van der Waals surface area contributed by atoms with Gasteiger partial charge in [0, 0.05) is 12.1 Å². The number of imidazole rings is 1. The maximum Gasteiger partial charge on any atom is 0.201 e. The van der Waals surface area contributed by atoms with Crippen molar-refractivity contribution in [1.29, 1.82) is 0 Å². The number of nitrogens with zero attached hydrogens (tertiary/aromatic N) is 3. The summed E-state index contributed by atoms with van der Waals surface area (Å²) in [5.74, 6) is 1.98. The predicted octanol–water partition coefficient (Wildman–Crippen LogP) is 1.97.